The molecule has 0 radical (unpaired) electrons. The number of hydrogen-bond donors (Lipinski definition) is 2. The summed E-state index contributed by atoms with van der Waals surface area (Å²) < 4.78 is 59.6. The van der Waals surface area contributed by atoms with Gasteiger partial charge in [0.05, 0.1) is 11.8 Å². The van der Waals surface area contributed by atoms with Gasteiger partial charge in [0.2, 0.25) is 11.8 Å². The monoisotopic (exact) mass is 499 g/mol. The average Bonchev–Trinajstić information content (AvgIpc) is 3.59. The van der Waals surface area contributed by atoms with Crippen LogP contribution < -0.4 is 15.4 Å². The van der Waals surface area contributed by atoms with Gasteiger partial charge < -0.3 is 15.4 Å². The molecule has 4 aromatic rings. The van der Waals surface area contributed by atoms with Crippen molar-refractivity contribution in [1.82, 2.24) is 14.6 Å². The van der Waals surface area contributed by atoms with Gasteiger partial charge in [-0.25, -0.2) is 13.9 Å². The maximum Gasteiger partial charge on any atom is 0.416 e. The van der Waals surface area contributed by atoms with E-state index in [1.807, 2.05) is 0 Å². The van der Waals surface area contributed by atoms with E-state index in [-0.39, 0.29) is 29.1 Å². The van der Waals surface area contributed by atoms with Crippen molar-refractivity contribution in [3.05, 3.63) is 77.7 Å². The number of alkyl halides is 3. The van der Waals surface area contributed by atoms with Crippen LogP contribution in [0.15, 0.2) is 60.8 Å². The van der Waals surface area contributed by atoms with Gasteiger partial charge in [0, 0.05) is 29.3 Å². The Labute approximate surface area is 200 Å². The lowest BCUT2D eigenvalue weighted by molar-refractivity contribution is -0.137. The molecule has 36 heavy (non-hydrogen) atoms. The third kappa shape index (κ3) is 5.27. The van der Waals surface area contributed by atoms with Gasteiger partial charge in [0.15, 0.2) is 11.5 Å². The van der Waals surface area contributed by atoms with E-state index in [9.17, 15) is 27.2 Å². The predicted octanol–water partition coefficient (Wildman–Crippen LogP) is 5.28. The lowest BCUT2D eigenvalue weighted by Crippen LogP contribution is -2.14. The van der Waals surface area contributed by atoms with Gasteiger partial charge in [-0.3, -0.25) is 9.59 Å². The van der Waals surface area contributed by atoms with Crippen molar-refractivity contribution in [3.63, 3.8) is 0 Å². The van der Waals surface area contributed by atoms with Crippen molar-refractivity contribution in [1.29, 1.82) is 0 Å². The van der Waals surface area contributed by atoms with Crippen LogP contribution in [-0.2, 0) is 11.0 Å². The highest BCUT2D eigenvalue weighted by Crippen LogP contribution is 2.31. The molecule has 0 saturated heterocycles. The molecule has 0 unspecified atom stereocenters. The second kappa shape index (κ2) is 8.95. The van der Waals surface area contributed by atoms with Crippen LogP contribution in [0, 0.1) is 11.7 Å². The van der Waals surface area contributed by atoms with E-state index in [2.05, 4.69) is 20.7 Å². The fourth-order valence-electron chi connectivity index (χ4n) is 3.40. The van der Waals surface area contributed by atoms with Crippen LogP contribution in [0.4, 0.5) is 29.1 Å². The van der Waals surface area contributed by atoms with Gasteiger partial charge in [-0.2, -0.15) is 13.2 Å². The molecular weight excluding hydrogens is 482 g/mol. The number of nitrogens with zero attached hydrogens (tertiary/aromatic N) is 3. The summed E-state index contributed by atoms with van der Waals surface area (Å²) in [4.78, 5) is 28.7. The first-order chi connectivity index (χ1) is 17.1. The van der Waals surface area contributed by atoms with Crippen LogP contribution in [0.3, 0.4) is 0 Å². The van der Waals surface area contributed by atoms with Crippen LogP contribution >= 0.6 is 0 Å². The number of carbonyl (C=O) groups is 2. The summed E-state index contributed by atoms with van der Waals surface area (Å²) in [5, 5.41) is 9.45. The highest BCUT2D eigenvalue weighted by molar-refractivity contribution is 6.04. The molecule has 0 atom stereocenters. The Bertz CT molecular complexity index is 1480. The number of hydrogen-bond acceptors (Lipinski definition) is 5. The molecule has 5 rings (SSSR count). The van der Waals surface area contributed by atoms with Gasteiger partial charge in [-0.05, 0) is 49.2 Å². The zero-order valence-electron chi connectivity index (χ0n) is 18.3. The summed E-state index contributed by atoms with van der Waals surface area (Å²) >= 11 is 0. The van der Waals surface area contributed by atoms with E-state index < -0.39 is 29.0 Å². The first-order valence-corrected chi connectivity index (χ1v) is 10.8. The number of halogens is 4. The number of benzene rings is 2. The van der Waals surface area contributed by atoms with Crippen LogP contribution in [0.2, 0.25) is 0 Å². The minimum absolute atomic E-state index is 0.0297. The first-order valence-electron chi connectivity index (χ1n) is 10.8. The average molecular weight is 499 g/mol. The number of anilines is 2. The molecule has 2 aromatic heterocycles. The van der Waals surface area contributed by atoms with Gasteiger partial charge in [-0.15, -0.1) is 5.10 Å². The van der Waals surface area contributed by atoms with E-state index in [1.165, 1.54) is 16.6 Å². The van der Waals surface area contributed by atoms with Crippen LogP contribution in [0.1, 0.15) is 28.8 Å². The molecule has 1 aliphatic carbocycles. The lowest BCUT2D eigenvalue weighted by atomic mass is 10.1. The van der Waals surface area contributed by atoms with Crippen LogP contribution in [0.25, 0.3) is 5.65 Å². The quantitative estimate of drug-likeness (QED) is 0.352. The molecule has 12 heteroatoms. The topological polar surface area (TPSA) is 97.6 Å². The van der Waals surface area contributed by atoms with E-state index in [1.54, 1.807) is 30.5 Å². The Morgan fingerprint density at radius 3 is 2.58 bits per heavy atom. The number of rotatable bonds is 6. The van der Waals surface area contributed by atoms with E-state index >= 15 is 0 Å². The van der Waals surface area contributed by atoms with Crippen molar-refractivity contribution >= 4 is 29.0 Å². The van der Waals surface area contributed by atoms with E-state index in [4.69, 9.17) is 4.74 Å². The number of aromatic nitrogens is 3. The predicted molar refractivity (Wildman–Crippen MR) is 120 cm³/mol. The molecule has 8 nitrogen and oxygen atoms in total. The van der Waals surface area contributed by atoms with Gasteiger partial charge in [0.25, 0.3) is 5.91 Å². The standard InChI is InChI=1S/C24H17F4N5O3/c25-16-9-14(8-15(10-16)24(26,27)28)23(35)29-17-2-1-3-18(11-17)36-21-7-6-20-30-19(12-33(20)32-21)31-22(34)13-4-5-13/h1-3,6-13H,4-5H2,(H,29,35)(H,31,34). The molecule has 1 saturated carbocycles. The molecule has 0 spiro atoms. The Morgan fingerprint density at radius 1 is 1.03 bits per heavy atom. The smallest absolute Gasteiger partial charge is 0.416 e. The summed E-state index contributed by atoms with van der Waals surface area (Å²) in [6.07, 6.45) is -1.51. The summed E-state index contributed by atoms with van der Waals surface area (Å²) in [5.41, 5.74) is -1.04. The van der Waals surface area contributed by atoms with Crippen molar-refractivity contribution in [3.8, 4) is 11.6 Å². The van der Waals surface area contributed by atoms with Crippen molar-refractivity contribution in [2.24, 2.45) is 5.92 Å². The molecule has 0 aliphatic heterocycles. The number of amides is 2. The van der Waals surface area contributed by atoms with Crippen molar-refractivity contribution in [2.75, 3.05) is 10.6 Å². The van der Waals surface area contributed by atoms with E-state index in [0.29, 0.717) is 23.6 Å². The van der Waals surface area contributed by atoms with Crippen LogP contribution in [-0.4, -0.2) is 26.4 Å². The molecule has 1 aliphatic rings. The van der Waals surface area contributed by atoms with Crippen molar-refractivity contribution in [2.45, 2.75) is 19.0 Å². The molecule has 2 amide bonds. The van der Waals surface area contributed by atoms with Gasteiger partial charge in [0.1, 0.15) is 11.6 Å². The summed E-state index contributed by atoms with van der Waals surface area (Å²) in [7, 11) is 0. The Balaban J connectivity index is 1.29. The maximum atomic E-state index is 13.6. The minimum Gasteiger partial charge on any atom is -0.438 e. The fraction of sp³-hybridized carbons (Fsp3) is 0.167. The number of nitrogens with one attached hydrogen (secondary N) is 2. The lowest BCUT2D eigenvalue weighted by Gasteiger charge is -2.11. The zero-order chi connectivity index (χ0) is 25.4. The Morgan fingerprint density at radius 2 is 1.83 bits per heavy atom. The van der Waals surface area contributed by atoms with Crippen molar-refractivity contribution < 1.29 is 31.9 Å². The Kier molecular flexibility index (Phi) is 5.78. The first kappa shape index (κ1) is 23.3. The largest absolute Gasteiger partial charge is 0.438 e. The summed E-state index contributed by atoms with van der Waals surface area (Å²) in [6.45, 7) is 0. The summed E-state index contributed by atoms with van der Waals surface area (Å²) in [6, 6.07) is 10.9. The number of fused-ring (bicyclic) bond motifs is 1. The highest BCUT2D eigenvalue weighted by Gasteiger charge is 2.32. The third-order valence-corrected chi connectivity index (χ3v) is 5.30. The third-order valence-electron chi connectivity index (χ3n) is 5.30. The SMILES string of the molecule is O=C(Nc1cccc(Oc2ccc3nc(NC(=O)C4CC4)cn3n2)c1)c1cc(F)cc(C(F)(F)F)c1. The Hall–Kier alpha value is -4.48. The molecule has 2 heterocycles. The normalized spacial score (nSPS) is 13.4. The van der Waals surface area contributed by atoms with Gasteiger partial charge >= 0.3 is 6.18 Å². The number of carbonyl (C=O) groups excluding carboxylic acids is 2. The number of imidazole rings is 1. The molecule has 184 valence electrons. The highest BCUT2D eigenvalue weighted by atomic mass is 19.4. The zero-order valence-corrected chi connectivity index (χ0v) is 18.3. The maximum absolute atomic E-state index is 13.6. The van der Waals surface area contributed by atoms with Gasteiger partial charge in [-0.1, -0.05) is 6.07 Å². The second-order valence-electron chi connectivity index (χ2n) is 8.17. The molecule has 0 bridgehead atoms. The second-order valence-corrected chi connectivity index (χ2v) is 8.17. The number of ether oxygens (including phenoxy) is 1. The van der Waals surface area contributed by atoms with E-state index in [0.717, 1.165) is 18.9 Å². The molecule has 1 fully saturated rings. The molecule has 2 aromatic carbocycles. The molecular formula is C24H17F4N5O3. The summed E-state index contributed by atoms with van der Waals surface area (Å²) in [5.74, 6) is -1.32. The fourth-order valence-corrected chi connectivity index (χ4v) is 3.40. The molecule has 2 N–H and O–H groups in total. The minimum atomic E-state index is -4.79. The van der Waals surface area contributed by atoms with Crippen LogP contribution in [0.5, 0.6) is 11.6 Å².